The first kappa shape index (κ1) is 14.4. The second kappa shape index (κ2) is 5.98. The SMILES string of the molecule is COCc1ccccc1Nc1c(N)cc(N)c(Cl)c1F. The van der Waals surface area contributed by atoms with Crippen LogP contribution in [0.15, 0.2) is 30.3 Å². The average molecular weight is 296 g/mol. The Balaban J connectivity index is 2.43. The van der Waals surface area contributed by atoms with E-state index in [-0.39, 0.29) is 22.1 Å². The summed E-state index contributed by atoms with van der Waals surface area (Å²) in [6, 6.07) is 8.80. The van der Waals surface area contributed by atoms with E-state index in [1.54, 1.807) is 13.2 Å². The maximum atomic E-state index is 14.1. The fourth-order valence-electron chi connectivity index (χ4n) is 1.85. The van der Waals surface area contributed by atoms with E-state index in [0.29, 0.717) is 12.3 Å². The molecule has 0 amide bonds. The lowest BCUT2D eigenvalue weighted by Gasteiger charge is -2.15. The van der Waals surface area contributed by atoms with Gasteiger partial charge in [0.15, 0.2) is 5.82 Å². The van der Waals surface area contributed by atoms with Crippen LogP contribution < -0.4 is 16.8 Å². The number of para-hydroxylation sites is 1. The third kappa shape index (κ3) is 2.79. The standard InChI is InChI=1S/C14H15ClFN3O/c1-20-7-8-4-2-3-5-11(8)19-14-10(18)6-9(17)12(15)13(14)16/h2-6,19H,7,17-18H2,1H3. The Bertz CT molecular complexity index is 634. The molecule has 0 aliphatic heterocycles. The van der Waals surface area contributed by atoms with Gasteiger partial charge in [-0.15, -0.1) is 0 Å². The van der Waals surface area contributed by atoms with Crippen LogP contribution in [0.5, 0.6) is 0 Å². The summed E-state index contributed by atoms with van der Waals surface area (Å²) in [5, 5.41) is 2.79. The van der Waals surface area contributed by atoms with Gasteiger partial charge in [0, 0.05) is 18.4 Å². The quantitative estimate of drug-likeness (QED) is 0.754. The van der Waals surface area contributed by atoms with Gasteiger partial charge in [-0.2, -0.15) is 0 Å². The highest BCUT2D eigenvalue weighted by Gasteiger charge is 2.15. The largest absolute Gasteiger partial charge is 0.397 e. The van der Waals surface area contributed by atoms with Crippen molar-refractivity contribution in [1.82, 2.24) is 0 Å². The highest BCUT2D eigenvalue weighted by Crippen LogP contribution is 2.36. The molecule has 0 radical (unpaired) electrons. The molecule has 5 N–H and O–H groups in total. The molecule has 2 aromatic rings. The van der Waals surface area contributed by atoms with Gasteiger partial charge < -0.3 is 21.5 Å². The molecule has 0 atom stereocenters. The van der Waals surface area contributed by atoms with Crippen LogP contribution in [0.4, 0.5) is 27.1 Å². The van der Waals surface area contributed by atoms with Crippen molar-refractivity contribution in [2.45, 2.75) is 6.61 Å². The number of anilines is 4. The van der Waals surface area contributed by atoms with Gasteiger partial charge in [-0.3, -0.25) is 0 Å². The zero-order valence-electron chi connectivity index (χ0n) is 10.9. The molecule has 106 valence electrons. The summed E-state index contributed by atoms with van der Waals surface area (Å²) in [4.78, 5) is 0. The van der Waals surface area contributed by atoms with E-state index in [1.807, 2.05) is 18.2 Å². The molecule has 0 aromatic heterocycles. The van der Waals surface area contributed by atoms with Gasteiger partial charge in [0.1, 0.15) is 5.02 Å². The first-order chi connectivity index (χ1) is 9.54. The second-order valence-corrected chi connectivity index (χ2v) is 4.65. The van der Waals surface area contributed by atoms with E-state index in [2.05, 4.69) is 5.32 Å². The highest BCUT2D eigenvalue weighted by molar-refractivity contribution is 6.33. The summed E-state index contributed by atoms with van der Waals surface area (Å²) in [7, 11) is 1.59. The number of benzene rings is 2. The monoisotopic (exact) mass is 295 g/mol. The summed E-state index contributed by atoms with van der Waals surface area (Å²) in [6.07, 6.45) is 0. The molecule has 2 rings (SSSR count). The molecule has 0 saturated heterocycles. The van der Waals surface area contributed by atoms with Gasteiger partial charge in [-0.1, -0.05) is 29.8 Å². The van der Waals surface area contributed by atoms with Crippen LogP contribution in [0, 0.1) is 5.82 Å². The minimum Gasteiger partial charge on any atom is -0.397 e. The van der Waals surface area contributed by atoms with Gasteiger partial charge >= 0.3 is 0 Å². The summed E-state index contributed by atoms with van der Waals surface area (Å²) >= 11 is 5.80. The fourth-order valence-corrected chi connectivity index (χ4v) is 2.00. The molecule has 0 saturated carbocycles. The summed E-state index contributed by atoms with van der Waals surface area (Å²) in [5.74, 6) is -0.670. The van der Waals surface area contributed by atoms with Crippen molar-refractivity contribution in [1.29, 1.82) is 0 Å². The van der Waals surface area contributed by atoms with Crippen LogP contribution in [0.3, 0.4) is 0 Å². The maximum absolute atomic E-state index is 14.1. The van der Waals surface area contributed by atoms with E-state index < -0.39 is 5.82 Å². The number of halogens is 2. The van der Waals surface area contributed by atoms with Gasteiger partial charge in [0.25, 0.3) is 0 Å². The van der Waals surface area contributed by atoms with E-state index >= 15 is 0 Å². The first-order valence-electron chi connectivity index (χ1n) is 5.91. The lowest BCUT2D eigenvalue weighted by atomic mass is 10.1. The van der Waals surface area contributed by atoms with Crippen molar-refractivity contribution in [3.05, 3.63) is 46.7 Å². The molecule has 0 aliphatic rings. The van der Waals surface area contributed by atoms with E-state index in [0.717, 1.165) is 5.56 Å². The Kier molecular flexibility index (Phi) is 4.32. The fraction of sp³-hybridized carbons (Fsp3) is 0.143. The third-order valence-corrected chi connectivity index (χ3v) is 3.23. The Labute approximate surface area is 121 Å². The van der Waals surface area contributed by atoms with Crippen molar-refractivity contribution in [3.8, 4) is 0 Å². The Morgan fingerprint density at radius 2 is 1.95 bits per heavy atom. The first-order valence-corrected chi connectivity index (χ1v) is 6.29. The highest BCUT2D eigenvalue weighted by atomic mass is 35.5. The second-order valence-electron chi connectivity index (χ2n) is 4.27. The number of nitrogens with one attached hydrogen (secondary N) is 1. The van der Waals surface area contributed by atoms with E-state index in [9.17, 15) is 4.39 Å². The van der Waals surface area contributed by atoms with Crippen LogP contribution >= 0.6 is 11.6 Å². The molecule has 0 unspecified atom stereocenters. The van der Waals surface area contributed by atoms with Crippen LogP contribution in [0.25, 0.3) is 0 Å². The number of nitrogen functional groups attached to an aromatic ring is 2. The van der Waals surface area contributed by atoms with Crippen LogP contribution in [0.2, 0.25) is 5.02 Å². The number of hydrogen-bond donors (Lipinski definition) is 3. The smallest absolute Gasteiger partial charge is 0.169 e. The number of ether oxygens (including phenoxy) is 1. The van der Waals surface area contributed by atoms with Crippen LogP contribution in [0.1, 0.15) is 5.56 Å². The molecule has 6 heteroatoms. The van der Waals surface area contributed by atoms with Crippen molar-refractivity contribution < 1.29 is 9.13 Å². The van der Waals surface area contributed by atoms with Crippen molar-refractivity contribution in [2.24, 2.45) is 0 Å². The lowest BCUT2D eigenvalue weighted by molar-refractivity contribution is 0.185. The molecule has 4 nitrogen and oxygen atoms in total. The Morgan fingerprint density at radius 3 is 2.65 bits per heavy atom. The van der Waals surface area contributed by atoms with Crippen LogP contribution in [-0.4, -0.2) is 7.11 Å². The van der Waals surface area contributed by atoms with Crippen molar-refractivity contribution >= 4 is 34.4 Å². The normalized spacial score (nSPS) is 10.6. The molecule has 20 heavy (non-hydrogen) atoms. The van der Waals surface area contributed by atoms with Gasteiger partial charge in [0.2, 0.25) is 0 Å². The van der Waals surface area contributed by atoms with Gasteiger partial charge in [0.05, 0.1) is 23.7 Å². The minimum atomic E-state index is -0.670. The van der Waals surface area contributed by atoms with Crippen LogP contribution in [-0.2, 0) is 11.3 Å². The van der Waals surface area contributed by atoms with E-state index in [1.165, 1.54) is 6.07 Å². The number of methoxy groups -OCH3 is 1. The molecule has 0 heterocycles. The lowest BCUT2D eigenvalue weighted by Crippen LogP contribution is -2.04. The molecule has 0 spiro atoms. The number of rotatable bonds is 4. The molecule has 0 aliphatic carbocycles. The Hall–Kier alpha value is -1.98. The number of hydrogen-bond acceptors (Lipinski definition) is 4. The average Bonchev–Trinajstić information content (AvgIpc) is 2.43. The summed E-state index contributed by atoms with van der Waals surface area (Å²) in [5.41, 5.74) is 13.3. The van der Waals surface area contributed by atoms with Crippen molar-refractivity contribution in [2.75, 3.05) is 23.9 Å². The summed E-state index contributed by atoms with van der Waals surface area (Å²) in [6.45, 7) is 0.396. The third-order valence-electron chi connectivity index (χ3n) is 2.84. The zero-order valence-corrected chi connectivity index (χ0v) is 11.7. The molecule has 0 bridgehead atoms. The molecular formula is C14H15ClFN3O. The number of nitrogens with two attached hydrogens (primary N) is 2. The predicted octanol–water partition coefficient (Wildman–Crippen LogP) is 3.53. The molecule has 2 aromatic carbocycles. The maximum Gasteiger partial charge on any atom is 0.169 e. The van der Waals surface area contributed by atoms with Gasteiger partial charge in [-0.25, -0.2) is 4.39 Å². The van der Waals surface area contributed by atoms with E-state index in [4.69, 9.17) is 27.8 Å². The summed E-state index contributed by atoms with van der Waals surface area (Å²) < 4.78 is 19.2. The topological polar surface area (TPSA) is 73.3 Å². The minimum absolute atomic E-state index is 0.104. The van der Waals surface area contributed by atoms with Crippen molar-refractivity contribution in [3.63, 3.8) is 0 Å². The van der Waals surface area contributed by atoms with Gasteiger partial charge in [-0.05, 0) is 12.1 Å². The molecular weight excluding hydrogens is 281 g/mol. The predicted molar refractivity (Wildman–Crippen MR) is 80.7 cm³/mol. The molecule has 0 fully saturated rings. The Morgan fingerprint density at radius 1 is 1.25 bits per heavy atom. The zero-order chi connectivity index (χ0) is 14.7.